The fraction of sp³-hybridized carbons (Fsp3) is 0.348. The number of aromatic nitrogens is 3. The molecule has 4 atom stereocenters. The monoisotopic (exact) mass is 547 g/mol. The van der Waals surface area contributed by atoms with Crippen molar-refractivity contribution in [2.45, 2.75) is 37.0 Å². The number of hydrogen-bond donors (Lipinski definition) is 9. The zero-order valence-corrected chi connectivity index (χ0v) is 21.5. The molecule has 2 heterocycles. The molecule has 3 rings (SSSR count). The van der Waals surface area contributed by atoms with E-state index in [1.165, 1.54) is 12.5 Å². The smallest absolute Gasteiger partial charge is 0.326 e. The molecule has 0 saturated heterocycles. The number of nitrogens with one attached hydrogen (secondary N) is 5. The number of carboxylic acids is 1. The molecule has 0 spiro atoms. The Morgan fingerprint density at radius 2 is 1.59 bits per heavy atom. The predicted molar refractivity (Wildman–Crippen MR) is 143 cm³/mol. The van der Waals surface area contributed by atoms with E-state index in [-0.39, 0.29) is 24.3 Å². The number of carbonyl (C=O) groups is 4. The number of fused-ring (bicyclic) bond motifs is 1. The SMILES string of the molecule is NC(CS)C(=O)NC(CS)C(=O)NC(Cc1cnc[nH]1)C(=O)NC(Cc1c[nH]c2ccccc12)C(=O)O. The van der Waals surface area contributed by atoms with Gasteiger partial charge in [-0.25, -0.2) is 9.78 Å². The molecule has 3 amide bonds. The molecule has 12 nitrogen and oxygen atoms in total. The number of amides is 3. The van der Waals surface area contributed by atoms with Crippen molar-refractivity contribution in [1.82, 2.24) is 30.9 Å². The molecule has 4 unspecified atom stereocenters. The number of para-hydroxylation sites is 1. The lowest BCUT2D eigenvalue weighted by molar-refractivity contribution is -0.142. The van der Waals surface area contributed by atoms with Crippen LogP contribution in [0.25, 0.3) is 10.9 Å². The Hall–Kier alpha value is -3.49. The van der Waals surface area contributed by atoms with E-state index in [0.717, 1.165) is 16.5 Å². The quantitative estimate of drug-likeness (QED) is 0.127. The Morgan fingerprint density at radius 1 is 0.919 bits per heavy atom. The maximum absolute atomic E-state index is 13.2. The van der Waals surface area contributed by atoms with Crippen LogP contribution in [0.15, 0.2) is 43.0 Å². The van der Waals surface area contributed by atoms with Crippen molar-refractivity contribution < 1.29 is 24.3 Å². The second-order valence-electron chi connectivity index (χ2n) is 8.34. The van der Waals surface area contributed by atoms with E-state index < -0.39 is 47.9 Å². The van der Waals surface area contributed by atoms with E-state index in [9.17, 15) is 24.3 Å². The zero-order chi connectivity index (χ0) is 26.9. The topological polar surface area (TPSA) is 195 Å². The number of H-pyrrole nitrogens is 2. The standard InChI is InChI=1S/C23H29N7O5S2/c24-15(9-36)20(31)30-19(10-37)22(33)28-17(6-13-8-25-11-27-13)21(32)29-18(23(34)35)5-12-7-26-16-4-2-1-3-14(12)16/h1-4,7-8,11,15,17-19,26,36-37H,5-6,9-10,24H2,(H,25,27)(H,28,33)(H,29,32)(H,30,31)(H,34,35). The van der Waals surface area contributed by atoms with Crippen molar-refractivity contribution in [3.8, 4) is 0 Å². The average molecular weight is 548 g/mol. The van der Waals surface area contributed by atoms with Gasteiger partial charge in [-0.1, -0.05) is 18.2 Å². The minimum atomic E-state index is -1.26. The molecule has 1 aromatic carbocycles. The molecule has 0 fully saturated rings. The minimum Gasteiger partial charge on any atom is -0.480 e. The number of nitrogens with two attached hydrogens (primary N) is 1. The van der Waals surface area contributed by atoms with Crippen LogP contribution < -0.4 is 21.7 Å². The molecule has 0 aliphatic heterocycles. The first-order valence-electron chi connectivity index (χ1n) is 11.4. The lowest BCUT2D eigenvalue weighted by atomic mass is 10.0. The predicted octanol–water partition coefficient (Wildman–Crippen LogP) is -0.598. The molecule has 0 saturated carbocycles. The molecule has 8 N–H and O–H groups in total. The van der Waals surface area contributed by atoms with Crippen molar-refractivity contribution in [2.24, 2.45) is 5.73 Å². The van der Waals surface area contributed by atoms with E-state index in [1.807, 2.05) is 24.3 Å². The van der Waals surface area contributed by atoms with E-state index in [1.54, 1.807) is 6.20 Å². The van der Waals surface area contributed by atoms with Gasteiger partial charge in [-0.3, -0.25) is 14.4 Å². The summed E-state index contributed by atoms with van der Waals surface area (Å²) in [6.07, 6.45) is 4.62. The molecule has 37 heavy (non-hydrogen) atoms. The van der Waals surface area contributed by atoms with Crippen molar-refractivity contribution in [2.75, 3.05) is 11.5 Å². The van der Waals surface area contributed by atoms with Crippen LogP contribution in [0.4, 0.5) is 0 Å². The highest BCUT2D eigenvalue weighted by Crippen LogP contribution is 2.19. The molecule has 2 aromatic heterocycles. The van der Waals surface area contributed by atoms with Crippen LogP contribution in [-0.2, 0) is 32.0 Å². The van der Waals surface area contributed by atoms with Gasteiger partial charge in [0.15, 0.2) is 0 Å². The number of thiol groups is 2. The number of hydrogen-bond acceptors (Lipinski definition) is 8. The first kappa shape index (κ1) is 28.1. The number of aliphatic carboxylic acids is 1. The number of carboxylic acid groups (broad SMARTS) is 1. The second kappa shape index (κ2) is 13.2. The Morgan fingerprint density at radius 3 is 2.24 bits per heavy atom. The van der Waals surface area contributed by atoms with Gasteiger partial charge in [-0.05, 0) is 11.6 Å². The lowest BCUT2D eigenvalue weighted by Gasteiger charge is -2.24. The number of aromatic amines is 2. The summed E-state index contributed by atoms with van der Waals surface area (Å²) in [5.41, 5.74) is 7.75. The van der Waals surface area contributed by atoms with Gasteiger partial charge in [0, 0.05) is 53.3 Å². The van der Waals surface area contributed by atoms with Crippen LogP contribution in [0.2, 0.25) is 0 Å². The van der Waals surface area contributed by atoms with Gasteiger partial charge >= 0.3 is 5.97 Å². The Balaban J connectivity index is 1.75. The van der Waals surface area contributed by atoms with E-state index >= 15 is 0 Å². The minimum absolute atomic E-state index is 0.000386. The summed E-state index contributed by atoms with van der Waals surface area (Å²) in [5, 5.41) is 18.2. The first-order chi connectivity index (χ1) is 17.7. The molecular formula is C23H29N7O5S2. The summed E-state index contributed by atoms with van der Waals surface area (Å²) >= 11 is 8.09. The van der Waals surface area contributed by atoms with Gasteiger partial charge in [0.05, 0.1) is 12.4 Å². The van der Waals surface area contributed by atoms with Crippen molar-refractivity contribution in [3.63, 3.8) is 0 Å². The first-order valence-corrected chi connectivity index (χ1v) is 12.6. The molecule has 0 aliphatic rings. The Kier molecular flexibility index (Phi) is 10.00. The van der Waals surface area contributed by atoms with E-state index in [2.05, 4.69) is 56.2 Å². The fourth-order valence-corrected chi connectivity index (χ4v) is 4.07. The van der Waals surface area contributed by atoms with Gasteiger partial charge in [-0.2, -0.15) is 25.3 Å². The van der Waals surface area contributed by atoms with E-state index in [0.29, 0.717) is 5.69 Å². The normalized spacial score (nSPS) is 14.4. The Bertz CT molecular complexity index is 1230. The van der Waals surface area contributed by atoms with Gasteiger partial charge in [-0.15, -0.1) is 0 Å². The summed E-state index contributed by atoms with van der Waals surface area (Å²) in [6, 6.07) is 2.97. The third-order valence-electron chi connectivity index (χ3n) is 5.67. The highest BCUT2D eigenvalue weighted by atomic mass is 32.1. The number of carbonyl (C=O) groups excluding carboxylic acids is 3. The summed E-state index contributed by atoms with van der Waals surface area (Å²) in [6.45, 7) is 0. The van der Waals surface area contributed by atoms with Crippen LogP contribution in [0.3, 0.4) is 0 Å². The van der Waals surface area contributed by atoms with Crippen LogP contribution in [0.5, 0.6) is 0 Å². The molecule has 0 radical (unpaired) electrons. The highest BCUT2D eigenvalue weighted by molar-refractivity contribution is 7.80. The molecule has 3 aromatic rings. The van der Waals surface area contributed by atoms with Crippen molar-refractivity contribution >= 4 is 59.9 Å². The molecule has 198 valence electrons. The number of nitrogens with zero attached hydrogens (tertiary/aromatic N) is 1. The van der Waals surface area contributed by atoms with E-state index in [4.69, 9.17) is 5.73 Å². The maximum atomic E-state index is 13.2. The van der Waals surface area contributed by atoms with Gasteiger partial charge in [0.1, 0.15) is 18.1 Å². The zero-order valence-electron chi connectivity index (χ0n) is 19.7. The molecular weight excluding hydrogens is 518 g/mol. The van der Waals surface area contributed by atoms with Gasteiger partial charge in [0.25, 0.3) is 0 Å². The second-order valence-corrected chi connectivity index (χ2v) is 9.07. The van der Waals surface area contributed by atoms with Crippen molar-refractivity contribution in [1.29, 1.82) is 0 Å². The number of rotatable bonds is 13. The number of imidazole rings is 1. The van der Waals surface area contributed by atoms with Gasteiger partial charge in [0.2, 0.25) is 17.7 Å². The van der Waals surface area contributed by atoms with Crippen LogP contribution >= 0.6 is 25.3 Å². The molecule has 0 bridgehead atoms. The summed E-state index contributed by atoms with van der Waals surface area (Å²) < 4.78 is 0. The summed E-state index contributed by atoms with van der Waals surface area (Å²) in [5.74, 6) is -3.21. The average Bonchev–Trinajstić information content (AvgIpc) is 3.55. The third kappa shape index (κ3) is 7.50. The molecule has 0 aliphatic carbocycles. The van der Waals surface area contributed by atoms with Crippen LogP contribution in [0.1, 0.15) is 11.3 Å². The maximum Gasteiger partial charge on any atom is 0.326 e. The summed E-state index contributed by atoms with van der Waals surface area (Å²) in [4.78, 5) is 60.2. The highest BCUT2D eigenvalue weighted by Gasteiger charge is 2.30. The lowest BCUT2D eigenvalue weighted by Crippen LogP contribution is -2.58. The third-order valence-corrected chi connectivity index (χ3v) is 6.43. The van der Waals surface area contributed by atoms with Crippen LogP contribution in [0, 0.1) is 0 Å². The Labute approximate surface area is 223 Å². The summed E-state index contributed by atoms with van der Waals surface area (Å²) in [7, 11) is 0. The largest absolute Gasteiger partial charge is 0.480 e. The fourth-order valence-electron chi connectivity index (χ4n) is 3.65. The number of benzene rings is 1. The van der Waals surface area contributed by atoms with Crippen molar-refractivity contribution in [3.05, 3.63) is 54.2 Å². The van der Waals surface area contributed by atoms with Crippen LogP contribution in [-0.4, -0.2) is 79.4 Å². The molecule has 14 heteroatoms. The van der Waals surface area contributed by atoms with Gasteiger partial charge < -0.3 is 36.8 Å².